The molecule has 0 aliphatic heterocycles. The van der Waals surface area contributed by atoms with Gasteiger partial charge in [-0.2, -0.15) is 0 Å². The van der Waals surface area contributed by atoms with Gasteiger partial charge in [-0.1, -0.05) is 0 Å². The quantitative estimate of drug-likeness (QED) is 0.580. The number of hydrogen-bond donors (Lipinski definition) is 0. The molecule has 0 saturated heterocycles. The topological polar surface area (TPSA) is 9.23 Å². The summed E-state index contributed by atoms with van der Waals surface area (Å²) in [6.07, 6.45) is 0. The number of methoxy groups -OCH3 is 1. The predicted molar refractivity (Wildman–Crippen MR) is 84.1 cm³/mol. The van der Waals surface area contributed by atoms with Crippen LogP contribution in [0.1, 0.15) is 0 Å². The van der Waals surface area contributed by atoms with Gasteiger partial charge in [0.2, 0.25) is 0 Å². The molecule has 0 heterocycles. The summed E-state index contributed by atoms with van der Waals surface area (Å²) in [5.74, 6) is 0. The SMILES string of the molecule is COC/[C](=C/[Si](C)(C)C)[Sn]([CH3])[CH3].[CH3][Sn]([CH3])[CH3]. The van der Waals surface area contributed by atoms with Crippen molar-refractivity contribution >= 4 is 47.6 Å². The molecule has 0 N–H and O–H groups in total. The van der Waals surface area contributed by atoms with E-state index < -0.39 is 47.6 Å². The average molecular weight is 456 g/mol. The van der Waals surface area contributed by atoms with E-state index in [4.69, 9.17) is 4.74 Å². The Morgan fingerprint density at radius 3 is 1.62 bits per heavy atom. The minimum absolute atomic E-state index is 0.543. The molecule has 4 heteroatoms. The molecular weight excluding hydrogens is 426 g/mol. The van der Waals surface area contributed by atoms with E-state index in [9.17, 15) is 0 Å². The fraction of sp³-hybridized carbons (Fsp3) is 0.833. The Balaban J connectivity index is 0. The van der Waals surface area contributed by atoms with Crippen LogP contribution in [0.2, 0.25) is 44.3 Å². The molecule has 16 heavy (non-hydrogen) atoms. The molecule has 0 atom stereocenters. The van der Waals surface area contributed by atoms with Crippen molar-refractivity contribution in [1.29, 1.82) is 0 Å². The van der Waals surface area contributed by atoms with Gasteiger partial charge in [-0.3, -0.25) is 0 Å². The van der Waals surface area contributed by atoms with E-state index in [1.807, 2.05) is 0 Å². The molecule has 0 spiro atoms. The second kappa shape index (κ2) is 10.4. The van der Waals surface area contributed by atoms with Crippen molar-refractivity contribution in [2.75, 3.05) is 13.7 Å². The Labute approximate surface area is 119 Å². The molecule has 1 nitrogen and oxygen atoms in total. The number of rotatable bonds is 4. The molecule has 0 rings (SSSR count). The van der Waals surface area contributed by atoms with Crippen LogP contribution in [0.15, 0.2) is 9.29 Å². The Kier molecular flexibility index (Phi) is 12.9. The van der Waals surface area contributed by atoms with Crippen LogP contribution >= 0.6 is 0 Å². The third-order valence-corrected chi connectivity index (χ3v) is 8.08. The van der Waals surface area contributed by atoms with Crippen LogP contribution in [-0.4, -0.2) is 61.3 Å². The normalized spacial score (nSPS) is 12.8. The van der Waals surface area contributed by atoms with E-state index >= 15 is 0 Å². The van der Waals surface area contributed by atoms with E-state index in [1.165, 1.54) is 0 Å². The van der Waals surface area contributed by atoms with Gasteiger partial charge in [0.05, 0.1) is 0 Å². The molecular formula is C12H30OSiSn2. The van der Waals surface area contributed by atoms with Crippen LogP contribution < -0.4 is 0 Å². The first-order valence-corrected chi connectivity index (χ1v) is 25.2. The summed E-state index contributed by atoms with van der Waals surface area (Å²) in [7, 11) is 0.783. The van der Waals surface area contributed by atoms with Crippen LogP contribution in [0.5, 0.6) is 0 Å². The first kappa shape index (κ1) is 19.8. The first-order chi connectivity index (χ1) is 7.10. The Morgan fingerprint density at radius 1 is 1.06 bits per heavy atom. The van der Waals surface area contributed by atoms with Crippen LogP contribution in [0.25, 0.3) is 0 Å². The summed E-state index contributed by atoms with van der Waals surface area (Å²) in [5, 5.41) is 0. The fourth-order valence-corrected chi connectivity index (χ4v) is 9.84. The maximum absolute atomic E-state index is 5.21. The molecule has 0 amide bonds. The molecule has 0 aromatic rings. The van der Waals surface area contributed by atoms with Crippen LogP contribution in [0.3, 0.4) is 0 Å². The average Bonchev–Trinajstić information content (AvgIpc) is 1.99. The van der Waals surface area contributed by atoms with Crippen molar-refractivity contribution in [2.24, 2.45) is 0 Å². The van der Waals surface area contributed by atoms with Crippen LogP contribution in [-0.2, 0) is 4.74 Å². The minimum atomic E-state index is -1.15. The number of ether oxygens (including phenoxy) is 1. The zero-order valence-corrected chi connectivity index (χ0v) is 19.4. The molecule has 0 bridgehead atoms. The third-order valence-electron chi connectivity index (χ3n) is 1.55. The zero-order chi connectivity index (χ0) is 13.4. The van der Waals surface area contributed by atoms with Gasteiger partial charge in [-0.05, 0) is 0 Å². The summed E-state index contributed by atoms with van der Waals surface area (Å²) in [6, 6.07) is 0. The third kappa shape index (κ3) is 17.9. The van der Waals surface area contributed by atoms with Gasteiger partial charge < -0.3 is 0 Å². The van der Waals surface area contributed by atoms with Gasteiger partial charge in [0, 0.05) is 0 Å². The molecule has 96 valence electrons. The maximum atomic E-state index is 5.21. The van der Waals surface area contributed by atoms with Crippen molar-refractivity contribution in [1.82, 2.24) is 0 Å². The van der Waals surface area contributed by atoms with Crippen molar-refractivity contribution in [3.63, 3.8) is 0 Å². The summed E-state index contributed by atoms with van der Waals surface area (Å²) in [4.78, 5) is 11.9. The molecule has 0 aromatic heterocycles. The zero-order valence-electron chi connectivity index (χ0n) is 12.7. The van der Waals surface area contributed by atoms with Crippen LogP contribution in [0.4, 0.5) is 0 Å². The van der Waals surface area contributed by atoms with Gasteiger partial charge in [-0.25, -0.2) is 0 Å². The monoisotopic (exact) mass is 458 g/mol. The molecule has 0 aliphatic rings. The summed E-state index contributed by atoms with van der Waals surface area (Å²) in [6.45, 7) is 8.03. The van der Waals surface area contributed by atoms with E-state index in [0.29, 0.717) is 0 Å². The van der Waals surface area contributed by atoms with E-state index in [-0.39, 0.29) is 0 Å². The second-order valence-corrected chi connectivity index (χ2v) is 27.1. The number of hydrogen-bond acceptors (Lipinski definition) is 1. The van der Waals surface area contributed by atoms with E-state index in [0.717, 1.165) is 6.61 Å². The van der Waals surface area contributed by atoms with E-state index in [1.54, 1.807) is 10.7 Å². The summed E-state index contributed by atoms with van der Waals surface area (Å²) in [5.41, 5.74) is 2.53. The van der Waals surface area contributed by atoms with Crippen molar-refractivity contribution < 1.29 is 4.74 Å². The first-order valence-electron chi connectivity index (χ1n) is 5.88. The molecule has 0 unspecified atom stereocenters. The Hall–Kier alpha value is 1.51. The van der Waals surface area contributed by atoms with Crippen molar-refractivity contribution in [3.8, 4) is 0 Å². The molecule has 0 saturated carbocycles. The fourth-order valence-electron chi connectivity index (χ4n) is 1.01. The van der Waals surface area contributed by atoms with Gasteiger partial charge in [0.25, 0.3) is 0 Å². The molecule has 2 radical (unpaired) electrons. The van der Waals surface area contributed by atoms with Gasteiger partial charge in [-0.15, -0.1) is 0 Å². The predicted octanol–water partition coefficient (Wildman–Crippen LogP) is 4.10. The Bertz CT molecular complexity index is 193. The summed E-state index contributed by atoms with van der Waals surface area (Å²) >= 11 is -1.70. The van der Waals surface area contributed by atoms with Gasteiger partial charge in [0.1, 0.15) is 0 Å². The standard InChI is InChI=1S/C7H15OSi.5CH3.2Sn/c1-8-6-5-7-9(2,3)4;;;;;;;/h7H,6H2,1-4H3;5*1H3;;. The van der Waals surface area contributed by atoms with Gasteiger partial charge in [0.15, 0.2) is 0 Å². The van der Waals surface area contributed by atoms with Gasteiger partial charge >= 0.3 is 120 Å². The van der Waals surface area contributed by atoms with Crippen molar-refractivity contribution in [3.05, 3.63) is 9.29 Å². The van der Waals surface area contributed by atoms with Crippen molar-refractivity contribution in [2.45, 2.75) is 44.3 Å². The van der Waals surface area contributed by atoms with Crippen LogP contribution in [0, 0.1) is 0 Å². The molecule has 0 fully saturated rings. The Morgan fingerprint density at radius 2 is 1.44 bits per heavy atom. The molecule has 0 aromatic carbocycles. The van der Waals surface area contributed by atoms with E-state index in [2.05, 4.69) is 50.0 Å². The second-order valence-electron chi connectivity index (χ2n) is 5.97. The molecule has 0 aliphatic carbocycles. The summed E-state index contributed by atoms with van der Waals surface area (Å²) < 4.78 is 6.87.